The Hall–Kier alpha value is -0.940. The molecule has 0 radical (unpaired) electrons. The molecule has 1 saturated heterocycles. The van der Waals surface area contributed by atoms with Gasteiger partial charge in [0.25, 0.3) is 0 Å². The first-order valence-electron chi connectivity index (χ1n) is 7.48. The second kappa shape index (κ2) is 7.01. The molecule has 19 heavy (non-hydrogen) atoms. The van der Waals surface area contributed by atoms with Crippen molar-refractivity contribution in [1.29, 1.82) is 0 Å². The van der Waals surface area contributed by atoms with Crippen LogP contribution in [0.5, 0.6) is 0 Å². The number of aromatic nitrogens is 3. The summed E-state index contributed by atoms with van der Waals surface area (Å²) < 4.78 is 2.05. The van der Waals surface area contributed by atoms with Gasteiger partial charge in [0.2, 0.25) is 0 Å². The van der Waals surface area contributed by atoms with Crippen LogP contribution in [0.1, 0.15) is 38.9 Å². The van der Waals surface area contributed by atoms with Crippen molar-refractivity contribution in [3.63, 3.8) is 0 Å². The Kier molecular flexibility index (Phi) is 5.34. The summed E-state index contributed by atoms with van der Waals surface area (Å²) >= 11 is 0. The maximum Gasteiger partial charge on any atom is 0.141 e. The van der Waals surface area contributed by atoms with Crippen molar-refractivity contribution in [2.45, 2.75) is 46.2 Å². The lowest BCUT2D eigenvalue weighted by molar-refractivity contribution is 0.167. The fourth-order valence-corrected chi connectivity index (χ4v) is 2.78. The molecule has 0 atom stereocenters. The molecule has 0 spiro atoms. The molecule has 2 N–H and O–H groups in total. The van der Waals surface area contributed by atoms with E-state index < -0.39 is 0 Å². The Labute approximate surface area is 116 Å². The van der Waals surface area contributed by atoms with Crippen molar-refractivity contribution in [2.75, 3.05) is 19.6 Å². The number of rotatable bonds is 6. The highest BCUT2D eigenvalue weighted by Gasteiger charge is 2.20. The largest absolute Gasteiger partial charge is 0.330 e. The minimum absolute atomic E-state index is 0.607. The second-order valence-corrected chi connectivity index (χ2v) is 6.05. The van der Waals surface area contributed by atoms with Crippen LogP contribution in [-0.2, 0) is 13.1 Å². The molecule has 1 aromatic rings. The molecule has 0 bridgehead atoms. The normalized spacial score (nSPS) is 18.3. The molecular formula is C14H27N5. The van der Waals surface area contributed by atoms with Gasteiger partial charge < -0.3 is 5.73 Å². The third-order valence-electron chi connectivity index (χ3n) is 3.88. The van der Waals surface area contributed by atoms with E-state index in [0.29, 0.717) is 5.92 Å². The molecule has 0 unspecified atom stereocenters. The fraction of sp³-hybridized carbons (Fsp3) is 0.857. The Morgan fingerprint density at radius 3 is 2.74 bits per heavy atom. The van der Waals surface area contributed by atoms with Gasteiger partial charge in [-0.25, -0.2) is 9.67 Å². The SMILES string of the molecule is CC(C)Cn1ncnc1CN1CCC(CCN)CC1. The molecule has 2 heterocycles. The average molecular weight is 265 g/mol. The van der Waals surface area contributed by atoms with Crippen molar-refractivity contribution < 1.29 is 0 Å². The van der Waals surface area contributed by atoms with Crippen molar-refractivity contribution in [3.8, 4) is 0 Å². The Morgan fingerprint density at radius 2 is 2.11 bits per heavy atom. The van der Waals surface area contributed by atoms with E-state index in [9.17, 15) is 0 Å². The van der Waals surface area contributed by atoms with Gasteiger partial charge in [0.05, 0.1) is 6.54 Å². The van der Waals surface area contributed by atoms with Gasteiger partial charge in [0.15, 0.2) is 0 Å². The molecule has 0 aliphatic carbocycles. The third-order valence-corrected chi connectivity index (χ3v) is 3.88. The standard InChI is InChI=1S/C14H27N5/c1-12(2)9-19-14(16-11-17-19)10-18-7-4-13(3-6-15)5-8-18/h11-13H,3-10,15H2,1-2H3. The highest BCUT2D eigenvalue weighted by Crippen LogP contribution is 2.20. The quantitative estimate of drug-likeness (QED) is 0.846. The minimum atomic E-state index is 0.607. The molecule has 0 aromatic carbocycles. The maximum absolute atomic E-state index is 5.63. The van der Waals surface area contributed by atoms with Crippen molar-refractivity contribution in [2.24, 2.45) is 17.6 Å². The fourth-order valence-electron chi connectivity index (χ4n) is 2.78. The summed E-state index contributed by atoms with van der Waals surface area (Å²) in [4.78, 5) is 6.90. The summed E-state index contributed by atoms with van der Waals surface area (Å²) in [5.74, 6) is 2.54. The van der Waals surface area contributed by atoms with Crippen LogP contribution in [0.3, 0.4) is 0 Å². The topological polar surface area (TPSA) is 60.0 Å². The van der Waals surface area contributed by atoms with Gasteiger partial charge in [0, 0.05) is 6.54 Å². The van der Waals surface area contributed by atoms with Crippen LogP contribution in [0.25, 0.3) is 0 Å². The van der Waals surface area contributed by atoms with Crippen molar-refractivity contribution in [3.05, 3.63) is 12.2 Å². The lowest BCUT2D eigenvalue weighted by Gasteiger charge is -2.31. The first-order chi connectivity index (χ1) is 9.19. The van der Waals surface area contributed by atoms with Gasteiger partial charge in [-0.2, -0.15) is 5.10 Å². The average Bonchev–Trinajstić information content (AvgIpc) is 2.79. The van der Waals surface area contributed by atoms with Gasteiger partial charge in [-0.05, 0) is 50.7 Å². The molecule has 108 valence electrons. The zero-order valence-corrected chi connectivity index (χ0v) is 12.3. The Bertz CT molecular complexity index is 366. The minimum Gasteiger partial charge on any atom is -0.330 e. The highest BCUT2D eigenvalue weighted by atomic mass is 15.3. The van der Waals surface area contributed by atoms with Crippen LogP contribution < -0.4 is 5.73 Å². The summed E-state index contributed by atoms with van der Waals surface area (Å²) in [6.07, 6.45) is 5.40. The smallest absolute Gasteiger partial charge is 0.141 e. The van der Waals surface area contributed by atoms with Crippen LogP contribution in [0, 0.1) is 11.8 Å². The number of nitrogens with two attached hydrogens (primary N) is 1. The monoisotopic (exact) mass is 265 g/mol. The summed E-state index contributed by atoms with van der Waals surface area (Å²) in [7, 11) is 0. The van der Waals surface area contributed by atoms with E-state index in [2.05, 4.69) is 33.5 Å². The van der Waals surface area contributed by atoms with E-state index in [-0.39, 0.29) is 0 Å². The number of hydrogen-bond donors (Lipinski definition) is 1. The lowest BCUT2D eigenvalue weighted by atomic mass is 9.94. The van der Waals surface area contributed by atoms with E-state index in [1.165, 1.54) is 32.4 Å². The van der Waals surface area contributed by atoms with Crippen LogP contribution >= 0.6 is 0 Å². The van der Waals surface area contributed by atoms with Crippen LogP contribution in [-0.4, -0.2) is 39.3 Å². The first kappa shape index (κ1) is 14.5. The van der Waals surface area contributed by atoms with Gasteiger partial charge in [0.1, 0.15) is 12.2 Å². The lowest BCUT2D eigenvalue weighted by Crippen LogP contribution is -2.34. The molecule has 0 saturated carbocycles. The van der Waals surface area contributed by atoms with Gasteiger partial charge in [-0.3, -0.25) is 4.90 Å². The van der Waals surface area contributed by atoms with E-state index in [1.54, 1.807) is 6.33 Å². The number of likely N-dealkylation sites (tertiary alicyclic amines) is 1. The molecule has 1 aliphatic heterocycles. The van der Waals surface area contributed by atoms with Crippen LogP contribution in [0.4, 0.5) is 0 Å². The van der Waals surface area contributed by atoms with E-state index in [4.69, 9.17) is 5.73 Å². The predicted octanol–water partition coefficient (Wildman–Crippen LogP) is 1.49. The predicted molar refractivity (Wildman–Crippen MR) is 76.5 cm³/mol. The zero-order valence-electron chi connectivity index (χ0n) is 12.3. The second-order valence-electron chi connectivity index (χ2n) is 6.05. The molecule has 0 amide bonds. The molecule has 5 heteroatoms. The number of hydrogen-bond acceptors (Lipinski definition) is 4. The zero-order chi connectivity index (χ0) is 13.7. The summed E-state index contributed by atoms with van der Waals surface area (Å²) in [6, 6.07) is 0. The van der Waals surface area contributed by atoms with E-state index in [0.717, 1.165) is 31.4 Å². The molecule has 1 fully saturated rings. The van der Waals surface area contributed by atoms with Crippen molar-refractivity contribution in [1.82, 2.24) is 19.7 Å². The summed E-state index contributed by atoms with van der Waals surface area (Å²) in [6.45, 7) is 9.47. The maximum atomic E-state index is 5.63. The number of piperidine rings is 1. The first-order valence-corrected chi connectivity index (χ1v) is 7.48. The van der Waals surface area contributed by atoms with Gasteiger partial charge >= 0.3 is 0 Å². The van der Waals surface area contributed by atoms with E-state index in [1.807, 2.05) is 0 Å². The molecular weight excluding hydrogens is 238 g/mol. The van der Waals surface area contributed by atoms with Gasteiger partial charge in [-0.15, -0.1) is 0 Å². The van der Waals surface area contributed by atoms with Crippen molar-refractivity contribution >= 4 is 0 Å². The summed E-state index contributed by atoms with van der Waals surface area (Å²) in [5, 5.41) is 4.33. The molecule has 5 nitrogen and oxygen atoms in total. The Balaban J connectivity index is 1.84. The molecule has 1 aromatic heterocycles. The Morgan fingerprint density at radius 1 is 1.37 bits per heavy atom. The molecule has 2 rings (SSSR count). The summed E-state index contributed by atoms with van der Waals surface area (Å²) in [5.41, 5.74) is 5.63. The number of nitrogens with zero attached hydrogens (tertiary/aromatic N) is 4. The van der Waals surface area contributed by atoms with Gasteiger partial charge in [-0.1, -0.05) is 13.8 Å². The third kappa shape index (κ3) is 4.28. The molecule has 1 aliphatic rings. The van der Waals surface area contributed by atoms with E-state index >= 15 is 0 Å². The van der Waals surface area contributed by atoms with Crippen LogP contribution in [0.15, 0.2) is 6.33 Å². The highest BCUT2D eigenvalue weighted by molar-refractivity contribution is 4.86. The van der Waals surface area contributed by atoms with Crippen LogP contribution in [0.2, 0.25) is 0 Å².